The normalized spacial score (nSPS) is 23.1. The van der Waals surface area contributed by atoms with Crippen LogP contribution in [0.1, 0.15) is 19.4 Å². The van der Waals surface area contributed by atoms with E-state index in [9.17, 15) is 0 Å². The topological polar surface area (TPSA) is 3.24 Å². The number of rotatable bonds is 0. The highest BCUT2D eigenvalue weighted by Crippen LogP contribution is 2.38. The summed E-state index contributed by atoms with van der Waals surface area (Å²) >= 11 is 6.02. The smallest absolute Gasteiger partial charge is 0.0455 e. The average molecular weight is 222 g/mol. The van der Waals surface area contributed by atoms with Crippen LogP contribution in [0.5, 0.6) is 0 Å². The SMILES string of the molecule is CC=C1c2ccc(Cl)cc2N(C)CC1C. The van der Waals surface area contributed by atoms with Crippen molar-refractivity contribution in [2.75, 3.05) is 18.5 Å². The van der Waals surface area contributed by atoms with Crippen molar-refractivity contribution >= 4 is 22.9 Å². The Kier molecular flexibility index (Phi) is 2.74. The third kappa shape index (κ3) is 1.76. The van der Waals surface area contributed by atoms with Gasteiger partial charge in [0.05, 0.1) is 0 Å². The molecule has 1 aromatic rings. The minimum Gasteiger partial charge on any atom is -0.373 e. The summed E-state index contributed by atoms with van der Waals surface area (Å²) in [6.07, 6.45) is 2.21. The molecule has 1 heterocycles. The Morgan fingerprint density at radius 1 is 1.47 bits per heavy atom. The van der Waals surface area contributed by atoms with Crippen LogP contribution in [0, 0.1) is 5.92 Å². The molecular formula is C13H16ClN. The Morgan fingerprint density at radius 2 is 2.20 bits per heavy atom. The Bertz CT molecular complexity index is 409. The van der Waals surface area contributed by atoms with Crippen molar-refractivity contribution in [1.29, 1.82) is 0 Å². The van der Waals surface area contributed by atoms with E-state index < -0.39 is 0 Å². The lowest BCUT2D eigenvalue weighted by Gasteiger charge is -2.34. The maximum atomic E-state index is 6.02. The van der Waals surface area contributed by atoms with Gasteiger partial charge in [-0.1, -0.05) is 30.7 Å². The second-order valence-corrected chi connectivity index (χ2v) is 4.62. The summed E-state index contributed by atoms with van der Waals surface area (Å²) in [5.41, 5.74) is 4.00. The largest absolute Gasteiger partial charge is 0.373 e. The summed E-state index contributed by atoms with van der Waals surface area (Å²) in [5.74, 6) is 0.591. The first-order chi connectivity index (χ1) is 7.13. The predicted octanol–water partition coefficient (Wildman–Crippen LogP) is 3.83. The van der Waals surface area contributed by atoms with E-state index in [-0.39, 0.29) is 0 Å². The summed E-state index contributed by atoms with van der Waals surface area (Å²) < 4.78 is 0. The third-order valence-corrected chi connectivity index (χ3v) is 3.31. The van der Waals surface area contributed by atoms with Gasteiger partial charge in [0.1, 0.15) is 0 Å². The Labute approximate surface area is 96.4 Å². The Hall–Kier alpha value is -0.950. The van der Waals surface area contributed by atoms with Crippen LogP contribution in [0.25, 0.3) is 5.57 Å². The molecule has 1 atom stereocenters. The van der Waals surface area contributed by atoms with Crippen LogP contribution < -0.4 is 4.90 Å². The molecule has 0 saturated carbocycles. The molecule has 1 unspecified atom stereocenters. The van der Waals surface area contributed by atoms with E-state index in [0.717, 1.165) is 11.6 Å². The van der Waals surface area contributed by atoms with Crippen molar-refractivity contribution in [3.63, 3.8) is 0 Å². The van der Waals surface area contributed by atoms with Crippen LogP contribution in [0.3, 0.4) is 0 Å². The molecule has 0 aliphatic carbocycles. The molecule has 1 nitrogen and oxygen atoms in total. The minimum atomic E-state index is 0.591. The van der Waals surface area contributed by atoms with Gasteiger partial charge in [-0.15, -0.1) is 0 Å². The molecule has 15 heavy (non-hydrogen) atoms. The highest BCUT2D eigenvalue weighted by molar-refractivity contribution is 6.31. The fraction of sp³-hybridized carbons (Fsp3) is 0.385. The van der Waals surface area contributed by atoms with Crippen molar-refractivity contribution in [2.24, 2.45) is 5.92 Å². The standard InChI is InChI=1S/C13H16ClN/c1-4-11-9(2)8-15(3)13-7-10(14)5-6-12(11)13/h4-7,9H,8H2,1-3H3. The molecule has 0 N–H and O–H groups in total. The van der Waals surface area contributed by atoms with Gasteiger partial charge in [0.2, 0.25) is 0 Å². The Balaban J connectivity index is 2.59. The number of fused-ring (bicyclic) bond motifs is 1. The molecule has 1 aliphatic rings. The van der Waals surface area contributed by atoms with Crippen molar-refractivity contribution < 1.29 is 0 Å². The molecule has 0 amide bonds. The number of allylic oxidation sites excluding steroid dienone is 1. The van der Waals surface area contributed by atoms with Gasteiger partial charge in [-0.3, -0.25) is 0 Å². The number of nitrogens with zero attached hydrogens (tertiary/aromatic N) is 1. The molecule has 0 aromatic heterocycles. The summed E-state index contributed by atoms with van der Waals surface area (Å²) in [4.78, 5) is 2.28. The van der Waals surface area contributed by atoms with E-state index in [2.05, 4.69) is 37.9 Å². The van der Waals surface area contributed by atoms with E-state index in [0.29, 0.717) is 5.92 Å². The van der Waals surface area contributed by atoms with Crippen LogP contribution >= 0.6 is 11.6 Å². The fourth-order valence-electron chi connectivity index (χ4n) is 2.38. The predicted molar refractivity (Wildman–Crippen MR) is 67.5 cm³/mol. The van der Waals surface area contributed by atoms with E-state index in [4.69, 9.17) is 11.6 Å². The maximum absolute atomic E-state index is 6.02. The second-order valence-electron chi connectivity index (χ2n) is 4.19. The van der Waals surface area contributed by atoms with Gasteiger partial charge in [0.15, 0.2) is 0 Å². The first-order valence-electron chi connectivity index (χ1n) is 5.30. The van der Waals surface area contributed by atoms with E-state index in [1.165, 1.54) is 16.8 Å². The van der Waals surface area contributed by atoms with Crippen molar-refractivity contribution in [2.45, 2.75) is 13.8 Å². The van der Waals surface area contributed by atoms with Gasteiger partial charge in [0.25, 0.3) is 0 Å². The van der Waals surface area contributed by atoms with Crippen LogP contribution in [0.15, 0.2) is 24.3 Å². The van der Waals surface area contributed by atoms with Crippen molar-refractivity contribution in [1.82, 2.24) is 0 Å². The first kappa shape index (κ1) is 10.6. The molecule has 0 fully saturated rings. The number of halogens is 1. The average Bonchev–Trinajstić information content (AvgIpc) is 2.19. The zero-order valence-electron chi connectivity index (χ0n) is 9.42. The van der Waals surface area contributed by atoms with Crippen LogP contribution in [0.4, 0.5) is 5.69 Å². The molecule has 0 spiro atoms. The van der Waals surface area contributed by atoms with Gasteiger partial charge >= 0.3 is 0 Å². The molecule has 2 heteroatoms. The van der Waals surface area contributed by atoms with Gasteiger partial charge in [-0.05, 0) is 30.5 Å². The molecule has 80 valence electrons. The lowest BCUT2D eigenvalue weighted by Crippen LogP contribution is -2.30. The highest BCUT2D eigenvalue weighted by Gasteiger charge is 2.23. The Morgan fingerprint density at radius 3 is 2.87 bits per heavy atom. The third-order valence-electron chi connectivity index (χ3n) is 3.07. The van der Waals surface area contributed by atoms with Gasteiger partial charge in [0, 0.05) is 29.9 Å². The molecule has 1 aliphatic heterocycles. The highest BCUT2D eigenvalue weighted by atomic mass is 35.5. The number of hydrogen-bond acceptors (Lipinski definition) is 1. The molecule has 0 radical (unpaired) electrons. The van der Waals surface area contributed by atoms with Gasteiger partial charge in [-0.2, -0.15) is 0 Å². The fourth-order valence-corrected chi connectivity index (χ4v) is 2.54. The van der Waals surface area contributed by atoms with E-state index in [1.54, 1.807) is 0 Å². The maximum Gasteiger partial charge on any atom is 0.0455 e. The summed E-state index contributed by atoms with van der Waals surface area (Å²) in [6, 6.07) is 6.14. The van der Waals surface area contributed by atoms with Crippen molar-refractivity contribution in [3.05, 3.63) is 34.9 Å². The zero-order valence-corrected chi connectivity index (χ0v) is 10.2. The number of hydrogen-bond donors (Lipinski definition) is 0. The lowest BCUT2D eigenvalue weighted by atomic mass is 9.88. The summed E-state index contributed by atoms with van der Waals surface area (Å²) in [7, 11) is 2.12. The molecule has 0 saturated heterocycles. The van der Waals surface area contributed by atoms with E-state index in [1.807, 2.05) is 12.1 Å². The lowest BCUT2D eigenvalue weighted by molar-refractivity contribution is 0.701. The second kappa shape index (κ2) is 3.90. The minimum absolute atomic E-state index is 0.591. The zero-order chi connectivity index (χ0) is 11.0. The monoisotopic (exact) mass is 221 g/mol. The summed E-state index contributed by atoms with van der Waals surface area (Å²) in [5, 5.41) is 0.811. The van der Waals surface area contributed by atoms with Crippen LogP contribution in [0.2, 0.25) is 5.02 Å². The molecule has 1 aromatic carbocycles. The molecule has 2 rings (SSSR count). The quantitative estimate of drug-likeness (QED) is 0.644. The van der Waals surface area contributed by atoms with Gasteiger partial charge < -0.3 is 4.90 Å². The van der Waals surface area contributed by atoms with Crippen LogP contribution in [-0.2, 0) is 0 Å². The number of benzene rings is 1. The summed E-state index contributed by atoms with van der Waals surface area (Å²) in [6.45, 7) is 5.44. The van der Waals surface area contributed by atoms with Crippen molar-refractivity contribution in [3.8, 4) is 0 Å². The molecular weight excluding hydrogens is 206 g/mol. The van der Waals surface area contributed by atoms with E-state index >= 15 is 0 Å². The van der Waals surface area contributed by atoms with Crippen LogP contribution in [-0.4, -0.2) is 13.6 Å². The number of anilines is 1. The van der Waals surface area contributed by atoms with Gasteiger partial charge in [-0.25, -0.2) is 0 Å². The first-order valence-corrected chi connectivity index (χ1v) is 5.68. The molecule has 0 bridgehead atoms.